The third kappa shape index (κ3) is 5.05. The van der Waals surface area contributed by atoms with Gasteiger partial charge in [0.2, 0.25) is 0 Å². The van der Waals surface area contributed by atoms with E-state index in [1.807, 2.05) is 41.9 Å². The highest BCUT2D eigenvalue weighted by Gasteiger charge is 2.31. The molecule has 4 heterocycles. The molecule has 4 N–H and O–H groups in total. The molecule has 200 valence electrons. The number of aryl methyl sites for hydroxylation is 1. The number of carbonyl (C=O) groups is 2. The molecule has 0 saturated heterocycles. The lowest BCUT2D eigenvalue weighted by Gasteiger charge is -2.32. The maximum atomic E-state index is 13.5. The number of carbonyl (C=O) groups excluding carboxylic acids is 2. The fraction of sp³-hybridized carbons (Fsp3) is 0.310. The fourth-order valence-corrected chi connectivity index (χ4v) is 5.99. The lowest BCUT2D eigenvalue weighted by molar-refractivity contribution is 0.00520. The number of hydrogen-bond donors (Lipinski definition) is 4. The van der Waals surface area contributed by atoms with Gasteiger partial charge in [-0.3, -0.25) is 14.0 Å². The van der Waals surface area contributed by atoms with Crippen molar-refractivity contribution in [3.8, 4) is 11.3 Å². The first-order chi connectivity index (χ1) is 18.9. The molecule has 6 rings (SSSR count). The number of thiophene rings is 1. The molecule has 1 aromatic carbocycles. The predicted octanol–water partition coefficient (Wildman–Crippen LogP) is 4.60. The van der Waals surface area contributed by atoms with Crippen LogP contribution < -0.4 is 10.6 Å². The van der Waals surface area contributed by atoms with E-state index in [2.05, 4.69) is 20.6 Å². The van der Waals surface area contributed by atoms with Gasteiger partial charge < -0.3 is 20.7 Å². The zero-order valence-corrected chi connectivity index (χ0v) is 22.5. The summed E-state index contributed by atoms with van der Waals surface area (Å²) in [5.74, 6) is 0.224. The molecular formula is C29H30N6O3S. The van der Waals surface area contributed by atoms with Crippen molar-refractivity contribution in [2.24, 2.45) is 0 Å². The normalized spacial score (nSPS) is 15.0. The van der Waals surface area contributed by atoms with Crippen molar-refractivity contribution in [1.82, 2.24) is 30.0 Å². The number of imidazole rings is 2. The lowest BCUT2D eigenvalue weighted by Crippen LogP contribution is -2.44. The van der Waals surface area contributed by atoms with Crippen LogP contribution in [0.15, 0.2) is 53.4 Å². The Kier molecular flexibility index (Phi) is 6.66. The Labute approximate surface area is 229 Å². The molecule has 9 nitrogen and oxygen atoms in total. The molecular weight excluding hydrogens is 512 g/mol. The number of nitrogens with one attached hydrogen (secondary N) is 3. The molecule has 1 aliphatic carbocycles. The summed E-state index contributed by atoms with van der Waals surface area (Å²) in [6, 6.07) is 11.2. The summed E-state index contributed by atoms with van der Waals surface area (Å²) in [6.07, 6.45) is 6.11. The minimum absolute atomic E-state index is 0.183. The molecule has 0 aliphatic heterocycles. The van der Waals surface area contributed by atoms with Crippen molar-refractivity contribution >= 4 is 39.8 Å². The number of amides is 2. The van der Waals surface area contributed by atoms with Gasteiger partial charge in [-0.15, -0.1) is 0 Å². The smallest absolute Gasteiger partial charge is 0.270 e. The number of aromatic nitrogens is 4. The van der Waals surface area contributed by atoms with Crippen molar-refractivity contribution < 1.29 is 14.7 Å². The van der Waals surface area contributed by atoms with Crippen molar-refractivity contribution in [3.63, 3.8) is 0 Å². The molecule has 1 fully saturated rings. The molecule has 2 amide bonds. The molecule has 1 aliphatic rings. The van der Waals surface area contributed by atoms with Crippen LogP contribution >= 0.6 is 11.3 Å². The number of H-pyrrole nitrogens is 1. The first-order valence-corrected chi connectivity index (χ1v) is 14.1. The second-order valence-electron chi connectivity index (χ2n) is 10.3. The first kappa shape index (κ1) is 25.3. The Morgan fingerprint density at radius 3 is 2.74 bits per heavy atom. The van der Waals surface area contributed by atoms with Gasteiger partial charge >= 0.3 is 0 Å². The molecule has 5 aromatic rings. The van der Waals surface area contributed by atoms with E-state index in [1.165, 1.54) is 11.3 Å². The summed E-state index contributed by atoms with van der Waals surface area (Å²) >= 11 is 1.51. The minimum atomic E-state index is -0.889. The fourth-order valence-electron chi connectivity index (χ4n) is 5.35. The highest BCUT2D eigenvalue weighted by molar-refractivity contribution is 7.08. The highest BCUT2D eigenvalue weighted by Crippen LogP contribution is 2.30. The molecule has 39 heavy (non-hydrogen) atoms. The number of fused-ring (bicyclic) bond motifs is 2. The number of aromatic amines is 1. The molecule has 4 aromatic heterocycles. The van der Waals surface area contributed by atoms with Crippen molar-refractivity contribution in [3.05, 3.63) is 76.0 Å². The van der Waals surface area contributed by atoms with Gasteiger partial charge in [0.25, 0.3) is 11.8 Å². The van der Waals surface area contributed by atoms with E-state index in [0.29, 0.717) is 42.0 Å². The zero-order chi connectivity index (χ0) is 27.0. The van der Waals surface area contributed by atoms with E-state index in [-0.39, 0.29) is 18.4 Å². The first-order valence-electron chi connectivity index (χ1n) is 13.2. The Balaban J connectivity index is 1.29. The Morgan fingerprint density at radius 1 is 1.10 bits per heavy atom. The van der Waals surface area contributed by atoms with Gasteiger partial charge in [0.15, 0.2) is 5.65 Å². The summed E-state index contributed by atoms with van der Waals surface area (Å²) < 4.78 is 1.67. The van der Waals surface area contributed by atoms with E-state index in [0.717, 1.165) is 47.2 Å². The largest absolute Gasteiger partial charge is 0.388 e. The van der Waals surface area contributed by atoms with Crippen LogP contribution in [0.1, 0.15) is 64.3 Å². The summed E-state index contributed by atoms with van der Waals surface area (Å²) in [6.45, 7) is 2.42. The van der Waals surface area contributed by atoms with Crippen LogP contribution in [0, 0.1) is 6.92 Å². The van der Waals surface area contributed by atoms with Crippen LogP contribution in [0.3, 0.4) is 0 Å². The Hall–Kier alpha value is -4.02. The summed E-state index contributed by atoms with van der Waals surface area (Å²) in [4.78, 5) is 39.3. The maximum absolute atomic E-state index is 13.5. The van der Waals surface area contributed by atoms with Crippen molar-refractivity contribution in [1.29, 1.82) is 0 Å². The monoisotopic (exact) mass is 542 g/mol. The lowest BCUT2D eigenvalue weighted by atomic mass is 9.85. The number of nitrogens with zero attached hydrogens (tertiary/aromatic N) is 3. The SMILES string of the molecule is Cc1nc2ccc(CNC(=O)c3cccn4c(C(=O)NCC5(O)CCCCC5)c(-c5ccsc5)nc34)cc2[nH]1. The van der Waals surface area contributed by atoms with Gasteiger partial charge in [0.05, 0.1) is 22.2 Å². The average molecular weight is 543 g/mol. The maximum Gasteiger partial charge on any atom is 0.270 e. The minimum Gasteiger partial charge on any atom is -0.388 e. The van der Waals surface area contributed by atoms with Crippen LogP contribution in [0.5, 0.6) is 0 Å². The molecule has 0 radical (unpaired) electrons. The number of benzene rings is 1. The van der Waals surface area contributed by atoms with Gasteiger partial charge in [0, 0.05) is 30.2 Å². The summed E-state index contributed by atoms with van der Waals surface area (Å²) in [5.41, 5.74) is 4.28. The molecule has 0 bridgehead atoms. The second kappa shape index (κ2) is 10.3. The molecule has 0 unspecified atom stereocenters. The van der Waals surface area contributed by atoms with Gasteiger partial charge in [-0.2, -0.15) is 11.3 Å². The van der Waals surface area contributed by atoms with Crippen molar-refractivity contribution in [2.75, 3.05) is 6.54 Å². The van der Waals surface area contributed by atoms with Crippen LogP contribution in [0.4, 0.5) is 0 Å². The molecule has 1 saturated carbocycles. The second-order valence-corrected chi connectivity index (χ2v) is 11.0. The van der Waals surface area contributed by atoms with Crippen molar-refractivity contribution in [2.45, 2.75) is 51.2 Å². The molecule has 0 atom stereocenters. The predicted molar refractivity (Wildman–Crippen MR) is 151 cm³/mol. The van der Waals surface area contributed by atoms with E-state index in [1.54, 1.807) is 22.7 Å². The number of rotatable bonds is 7. The van der Waals surface area contributed by atoms with Crippen LogP contribution in [-0.2, 0) is 6.54 Å². The van der Waals surface area contributed by atoms with Gasteiger partial charge in [-0.05, 0) is 61.0 Å². The van der Waals surface area contributed by atoms with E-state index in [9.17, 15) is 14.7 Å². The summed E-state index contributed by atoms with van der Waals surface area (Å²) in [7, 11) is 0. The van der Waals surface area contributed by atoms with E-state index >= 15 is 0 Å². The number of aliphatic hydroxyl groups is 1. The van der Waals surface area contributed by atoms with Crippen LogP contribution in [-0.4, -0.2) is 48.4 Å². The molecule has 10 heteroatoms. The number of pyridine rings is 1. The third-order valence-corrected chi connectivity index (χ3v) is 8.07. The molecule has 0 spiro atoms. The standard InChI is InChI=1S/C29H30N6O3S/c1-18-32-22-8-7-19(14-23(22)33-18)15-30-27(36)21-6-5-12-35-25(24(34-26(21)35)20-9-13-39-16-20)28(37)31-17-29(38)10-3-2-4-11-29/h5-9,12-14,16,38H,2-4,10-11,15,17H2,1H3,(H,30,36)(H,31,37)(H,32,33). The Bertz CT molecular complexity index is 1660. The topological polar surface area (TPSA) is 124 Å². The third-order valence-electron chi connectivity index (χ3n) is 7.38. The van der Waals surface area contributed by atoms with Gasteiger partial charge in [-0.25, -0.2) is 9.97 Å². The van der Waals surface area contributed by atoms with Gasteiger partial charge in [-0.1, -0.05) is 25.3 Å². The number of hydrogen-bond acceptors (Lipinski definition) is 6. The quantitative estimate of drug-likeness (QED) is 0.239. The van der Waals surface area contributed by atoms with Gasteiger partial charge in [0.1, 0.15) is 17.2 Å². The zero-order valence-electron chi connectivity index (χ0n) is 21.7. The Morgan fingerprint density at radius 2 is 1.95 bits per heavy atom. The van der Waals surface area contributed by atoms with Crippen LogP contribution in [0.25, 0.3) is 27.9 Å². The summed E-state index contributed by atoms with van der Waals surface area (Å²) in [5, 5.41) is 20.7. The average Bonchev–Trinajstić information content (AvgIpc) is 3.68. The van der Waals surface area contributed by atoms with Crippen LogP contribution in [0.2, 0.25) is 0 Å². The van der Waals surface area contributed by atoms with E-state index in [4.69, 9.17) is 4.98 Å². The highest BCUT2D eigenvalue weighted by atomic mass is 32.1. The van der Waals surface area contributed by atoms with E-state index < -0.39 is 5.60 Å².